The molecule has 0 aliphatic carbocycles. The number of ketones is 1. The number of aromatic nitrogens is 1. The number of ether oxygens (including phenoxy) is 1. The van der Waals surface area contributed by atoms with Gasteiger partial charge in [-0.05, 0) is 75.8 Å². The van der Waals surface area contributed by atoms with Crippen molar-refractivity contribution in [3.05, 3.63) is 77.0 Å². The molecule has 9 heteroatoms. The van der Waals surface area contributed by atoms with Crippen LogP contribution >= 0.6 is 0 Å². The number of fused-ring (bicyclic) bond motifs is 1. The second kappa shape index (κ2) is 12.8. The summed E-state index contributed by atoms with van der Waals surface area (Å²) in [6.07, 6.45) is 2.16. The van der Waals surface area contributed by atoms with Gasteiger partial charge in [-0.25, -0.2) is 9.78 Å². The number of pyridine rings is 1. The molecule has 0 aliphatic rings. The molecular formula is C29H34N4O5. The lowest BCUT2D eigenvalue weighted by molar-refractivity contribution is -0.118. The fourth-order valence-electron chi connectivity index (χ4n) is 3.93. The maximum Gasteiger partial charge on any atom is 0.338 e. The maximum absolute atomic E-state index is 13.2. The van der Waals surface area contributed by atoms with Crippen LogP contribution in [0.1, 0.15) is 45.8 Å². The molecular weight excluding hydrogens is 484 g/mol. The second-order valence-electron chi connectivity index (χ2n) is 9.19. The number of carbonyl (C=O) groups is 3. The number of allylic oxidation sites excluding steroid dienone is 1. The van der Waals surface area contributed by atoms with E-state index in [1.165, 1.54) is 25.1 Å². The summed E-state index contributed by atoms with van der Waals surface area (Å²) in [4.78, 5) is 45.1. The van der Waals surface area contributed by atoms with Gasteiger partial charge < -0.3 is 25.4 Å². The average molecular weight is 519 g/mol. The Labute approximate surface area is 222 Å². The third kappa shape index (κ3) is 7.17. The molecule has 0 saturated heterocycles. The molecule has 0 bridgehead atoms. The Morgan fingerprint density at radius 3 is 2.42 bits per heavy atom. The first-order valence-corrected chi connectivity index (χ1v) is 12.3. The highest BCUT2D eigenvalue weighted by atomic mass is 16.5. The van der Waals surface area contributed by atoms with E-state index in [9.17, 15) is 19.5 Å². The van der Waals surface area contributed by atoms with Gasteiger partial charge in [0.1, 0.15) is 18.1 Å². The zero-order chi connectivity index (χ0) is 27.8. The van der Waals surface area contributed by atoms with Gasteiger partial charge in [0.25, 0.3) is 5.91 Å². The summed E-state index contributed by atoms with van der Waals surface area (Å²) >= 11 is 0. The third-order valence-electron chi connectivity index (χ3n) is 6.07. The standard InChI is InChI=1S/C29H34N4O5/c1-6-24(30-3)20-9-12-25-22(16-20)23(29(37)38-14-13-33(4)5)17-27(31-25)28(36)32-26(18(2)34)15-19-7-10-21(35)11-8-19/h6-12,16-17,26,30,35H,13-15H2,1-5H3,(H,32,36)/b24-6-. The van der Waals surface area contributed by atoms with Crippen molar-refractivity contribution in [2.24, 2.45) is 0 Å². The molecule has 0 radical (unpaired) electrons. The van der Waals surface area contributed by atoms with Crippen molar-refractivity contribution >= 4 is 34.3 Å². The van der Waals surface area contributed by atoms with Crippen LogP contribution < -0.4 is 10.6 Å². The molecule has 38 heavy (non-hydrogen) atoms. The predicted molar refractivity (Wildman–Crippen MR) is 147 cm³/mol. The van der Waals surface area contributed by atoms with Gasteiger partial charge in [0, 0.05) is 24.7 Å². The highest BCUT2D eigenvalue weighted by Crippen LogP contribution is 2.24. The minimum atomic E-state index is -0.810. The number of nitrogens with one attached hydrogen (secondary N) is 2. The number of likely N-dealkylation sites (N-methyl/N-ethyl adjacent to an activating group) is 1. The average Bonchev–Trinajstić information content (AvgIpc) is 2.89. The molecule has 0 fully saturated rings. The number of hydrogen-bond acceptors (Lipinski definition) is 8. The molecule has 200 valence electrons. The Kier molecular flexibility index (Phi) is 9.56. The van der Waals surface area contributed by atoms with E-state index in [2.05, 4.69) is 15.6 Å². The first-order valence-electron chi connectivity index (χ1n) is 12.3. The molecule has 1 unspecified atom stereocenters. The van der Waals surface area contributed by atoms with Gasteiger partial charge in [0.05, 0.1) is 17.1 Å². The number of rotatable bonds is 11. The Balaban J connectivity index is 1.98. The highest BCUT2D eigenvalue weighted by Gasteiger charge is 2.23. The molecule has 0 spiro atoms. The quantitative estimate of drug-likeness (QED) is 0.331. The molecule has 3 N–H and O–H groups in total. The van der Waals surface area contributed by atoms with E-state index < -0.39 is 17.9 Å². The molecule has 0 saturated carbocycles. The van der Waals surface area contributed by atoms with Crippen LogP contribution in [0.3, 0.4) is 0 Å². The minimum absolute atomic E-state index is 0.00152. The normalized spacial score (nSPS) is 12.3. The molecule has 0 aliphatic heterocycles. The van der Waals surface area contributed by atoms with E-state index >= 15 is 0 Å². The lowest BCUT2D eigenvalue weighted by Crippen LogP contribution is -2.41. The van der Waals surface area contributed by atoms with Crippen LogP contribution in [-0.4, -0.2) is 73.0 Å². The summed E-state index contributed by atoms with van der Waals surface area (Å²) in [5.74, 6) is -1.26. The first-order chi connectivity index (χ1) is 18.1. The number of aromatic hydroxyl groups is 1. The fourth-order valence-corrected chi connectivity index (χ4v) is 3.93. The monoisotopic (exact) mass is 518 g/mol. The van der Waals surface area contributed by atoms with E-state index in [0.717, 1.165) is 16.8 Å². The van der Waals surface area contributed by atoms with E-state index in [0.29, 0.717) is 17.4 Å². The van der Waals surface area contributed by atoms with E-state index in [-0.39, 0.29) is 35.8 Å². The van der Waals surface area contributed by atoms with Crippen molar-refractivity contribution in [1.29, 1.82) is 0 Å². The zero-order valence-corrected chi connectivity index (χ0v) is 22.4. The van der Waals surface area contributed by atoms with Gasteiger partial charge >= 0.3 is 5.97 Å². The number of phenolic OH excluding ortho intramolecular Hbond substituents is 1. The third-order valence-corrected chi connectivity index (χ3v) is 6.07. The Hall–Kier alpha value is -4.24. The van der Waals surface area contributed by atoms with Gasteiger partial charge in [-0.2, -0.15) is 0 Å². The SMILES string of the molecule is C/C=C(\NC)c1ccc2nc(C(=O)NC(Cc3ccc(O)cc3)C(C)=O)cc(C(=O)OCCN(C)C)c2c1. The Morgan fingerprint density at radius 2 is 1.82 bits per heavy atom. The highest BCUT2D eigenvalue weighted by molar-refractivity contribution is 6.07. The van der Waals surface area contributed by atoms with Crippen LogP contribution in [0.2, 0.25) is 0 Å². The van der Waals surface area contributed by atoms with Crippen molar-refractivity contribution < 1.29 is 24.2 Å². The summed E-state index contributed by atoms with van der Waals surface area (Å²) in [5.41, 5.74) is 3.17. The summed E-state index contributed by atoms with van der Waals surface area (Å²) < 4.78 is 5.50. The molecule has 1 heterocycles. The molecule has 2 aromatic carbocycles. The van der Waals surface area contributed by atoms with Gasteiger partial charge in [0.2, 0.25) is 0 Å². The van der Waals surface area contributed by atoms with Crippen LogP contribution in [-0.2, 0) is 16.0 Å². The Morgan fingerprint density at radius 1 is 1.11 bits per heavy atom. The topological polar surface area (TPSA) is 121 Å². The van der Waals surface area contributed by atoms with Gasteiger partial charge in [-0.15, -0.1) is 0 Å². The molecule has 3 rings (SSSR count). The number of esters is 1. The first kappa shape index (κ1) is 28.3. The number of nitrogens with zero attached hydrogens (tertiary/aromatic N) is 2. The maximum atomic E-state index is 13.2. The molecule has 1 amide bonds. The van der Waals surface area contributed by atoms with Crippen LogP contribution in [0.4, 0.5) is 0 Å². The summed E-state index contributed by atoms with van der Waals surface area (Å²) in [7, 11) is 5.57. The van der Waals surface area contributed by atoms with Crippen molar-refractivity contribution in [2.75, 3.05) is 34.3 Å². The molecule has 3 aromatic rings. The minimum Gasteiger partial charge on any atom is -0.508 e. The fraction of sp³-hybridized carbons (Fsp3) is 0.310. The summed E-state index contributed by atoms with van der Waals surface area (Å²) in [5, 5.41) is 15.9. The predicted octanol–water partition coefficient (Wildman–Crippen LogP) is 3.17. The largest absolute Gasteiger partial charge is 0.508 e. The summed E-state index contributed by atoms with van der Waals surface area (Å²) in [6.45, 7) is 4.04. The van der Waals surface area contributed by atoms with E-state index in [4.69, 9.17) is 4.74 Å². The smallest absolute Gasteiger partial charge is 0.338 e. The van der Waals surface area contributed by atoms with Gasteiger partial charge in [-0.1, -0.05) is 24.3 Å². The van der Waals surface area contributed by atoms with Crippen molar-refractivity contribution in [3.8, 4) is 5.75 Å². The van der Waals surface area contributed by atoms with E-state index in [1.54, 1.807) is 18.2 Å². The number of phenols is 1. The van der Waals surface area contributed by atoms with Crippen molar-refractivity contribution in [2.45, 2.75) is 26.3 Å². The van der Waals surface area contributed by atoms with Gasteiger partial charge in [0.15, 0.2) is 5.78 Å². The lowest BCUT2D eigenvalue weighted by Gasteiger charge is -2.17. The lowest BCUT2D eigenvalue weighted by atomic mass is 10.0. The van der Waals surface area contributed by atoms with Crippen LogP contribution in [0, 0.1) is 0 Å². The van der Waals surface area contributed by atoms with Crippen LogP contribution in [0.25, 0.3) is 16.6 Å². The van der Waals surface area contributed by atoms with Crippen LogP contribution in [0.5, 0.6) is 5.75 Å². The number of benzene rings is 2. The zero-order valence-electron chi connectivity index (χ0n) is 22.4. The number of amides is 1. The number of hydrogen-bond donors (Lipinski definition) is 3. The van der Waals surface area contributed by atoms with Gasteiger partial charge in [-0.3, -0.25) is 9.59 Å². The number of Topliss-reactive ketones (excluding diaryl/α,β-unsaturated/α-hetero) is 1. The van der Waals surface area contributed by atoms with Crippen LogP contribution in [0.15, 0.2) is 54.6 Å². The second-order valence-corrected chi connectivity index (χ2v) is 9.19. The Bertz CT molecular complexity index is 1350. The molecule has 1 aromatic heterocycles. The molecule has 9 nitrogen and oxygen atoms in total. The van der Waals surface area contributed by atoms with Crippen molar-refractivity contribution in [1.82, 2.24) is 20.5 Å². The summed E-state index contributed by atoms with van der Waals surface area (Å²) in [6, 6.07) is 12.5. The molecule has 1 atom stereocenters. The number of carbonyl (C=O) groups excluding carboxylic acids is 3. The van der Waals surface area contributed by atoms with Crippen molar-refractivity contribution in [3.63, 3.8) is 0 Å². The van der Waals surface area contributed by atoms with E-state index in [1.807, 2.05) is 51.2 Å².